The molecule has 0 radical (unpaired) electrons. The highest BCUT2D eigenvalue weighted by molar-refractivity contribution is 6.13. The van der Waals surface area contributed by atoms with Gasteiger partial charge in [0, 0.05) is 48.3 Å². The summed E-state index contributed by atoms with van der Waals surface area (Å²) in [6.45, 7) is 5.40. The summed E-state index contributed by atoms with van der Waals surface area (Å²) >= 11 is 0. The van der Waals surface area contributed by atoms with Crippen molar-refractivity contribution in [3.63, 3.8) is 0 Å². The number of amides is 2. The molecule has 1 aromatic heterocycles. The number of anilines is 1. The number of fused-ring (bicyclic) bond motifs is 2. The van der Waals surface area contributed by atoms with Crippen molar-refractivity contribution in [1.29, 1.82) is 0 Å². The predicted octanol–water partition coefficient (Wildman–Crippen LogP) is 6.28. The van der Waals surface area contributed by atoms with Gasteiger partial charge in [0.15, 0.2) is 0 Å². The average molecular weight is 453 g/mol. The minimum atomic E-state index is -0.146. The Morgan fingerprint density at radius 2 is 1.79 bits per heavy atom. The van der Waals surface area contributed by atoms with E-state index < -0.39 is 0 Å². The molecule has 172 valence electrons. The van der Waals surface area contributed by atoms with Crippen LogP contribution in [0.15, 0.2) is 77.2 Å². The molecule has 0 atom stereocenters. The Morgan fingerprint density at radius 3 is 2.65 bits per heavy atom. The van der Waals surface area contributed by atoms with Crippen LogP contribution in [0.4, 0.5) is 5.69 Å². The van der Waals surface area contributed by atoms with E-state index in [1.54, 1.807) is 0 Å². The molecule has 0 fully saturated rings. The molecule has 0 unspecified atom stereocenters. The number of hydrogen-bond acceptors (Lipinski definition) is 3. The molecule has 0 aliphatic carbocycles. The van der Waals surface area contributed by atoms with E-state index >= 15 is 0 Å². The van der Waals surface area contributed by atoms with Crippen molar-refractivity contribution in [2.75, 3.05) is 11.9 Å². The Morgan fingerprint density at radius 1 is 1.00 bits per heavy atom. The topological polar surface area (TPSA) is 62.6 Å². The third-order valence-corrected chi connectivity index (χ3v) is 6.24. The molecule has 5 rings (SSSR count). The molecule has 5 heteroatoms. The number of carbonyl (C=O) groups excluding carboxylic acids is 2. The molecule has 2 amide bonds. The minimum Gasteiger partial charge on any atom is -0.461 e. The highest BCUT2D eigenvalue weighted by atomic mass is 16.3. The largest absolute Gasteiger partial charge is 0.461 e. The van der Waals surface area contributed by atoms with Crippen LogP contribution < -0.4 is 5.32 Å². The van der Waals surface area contributed by atoms with Gasteiger partial charge in [0.1, 0.15) is 11.5 Å². The van der Waals surface area contributed by atoms with Gasteiger partial charge in [-0.1, -0.05) is 62.4 Å². The molecule has 1 N–H and O–H groups in total. The van der Waals surface area contributed by atoms with Gasteiger partial charge in [0.25, 0.3) is 5.91 Å². The van der Waals surface area contributed by atoms with E-state index in [1.807, 2.05) is 77.7 Å². The van der Waals surface area contributed by atoms with E-state index in [4.69, 9.17) is 4.42 Å². The lowest BCUT2D eigenvalue weighted by Gasteiger charge is -2.26. The predicted molar refractivity (Wildman–Crippen MR) is 135 cm³/mol. The van der Waals surface area contributed by atoms with Gasteiger partial charge >= 0.3 is 0 Å². The van der Waals surface area contributed by atoms with Crippen LogP contribution in [0.25, 0.3) is 22.1 Å². The van der Waals surface area contributed by atoms with Crippen LogP contribution in [0.3, 0.4) is 0 Å². The van der Waals surface area contributed by atoms with E-state index in [0.29, 0.717) is 36.7 Å². The molecular formula is C29H28N2O3. The molecule has 5 nitrogen and oxygen atoms in total. The summed E-state index contributed by atoms with van der Waals surface area (Å²) in [5, 5.41) is 4.99. The smallest absolute Gasteiger partial charge is 0.256 e. The minimum absolute atomic E-state index is 0.146. The number of rotatable bonds is 5. The average Bonchev–Trinajstić information content (AvgIpc) is 3.27. The fourth-order valence-electron chi connectivity index (χ4n) is 4.54. The van der Waals surface area contributed by atoms with E-state index in [0.717, 1.165) is 39.8 Å². The molecule has 1 aliphatic rings. The van der Waals surface area contributed by atoms with E-state index in [2.05, 4.69) is 19.2 Å². The lowest BCUT2D eigenvalue weighted by molar-refractivity contribution is -0.132. The number of hydrogen-bond donors (Lipinski definition) is 1. The van der Waals surface area contributed by atoms with Crippen LogP contribution in [-0.2, 0) is 17.8 Å². The number of furan rings is 1. The number of nitrogens with zero attached hydrogens (tertiary/aromatic N) is 1. The van der Waals surface area contributed by atoms with Gasteiger partial charge in [-0.2, -0.15) is 0 Å². The summed E-state index contributed by atoms with van der Waals surface area (Å²) in [5.74, 6) is 2.09. The number of carbonyl (C=O) groups is 2. The quantitative estimate of drug-likeness (QED) is 0.387. The Kier molecular flexibility index (Phi) is 5.93. The SMILES string of the molecule is CC(C)CC(=O)N1CCc2oc(-c3cccc(NC(=O)c4cccc5ccccc45)c3)cc2C1. The first kappa shape index (κ1) is 22.0. The van der Waals surface area contributed by atoms with Crippen molar-refractivity contribution in [1.82, 2.24) is 4.90 Å². The zero-order chi connectivity index (χ0) is 23.7. The summed E-state index contributed by atoms with van der Waals surface area (Å²) < 4.78 is 6.15. The third kappa shape index (κ3) is 4.46. The zero-order valence-corrected chi connectivity index (χ0v) is 19.5. The second-order valence-corrected chi connectivity index (χ2v) is 9.28. The first-order chi connectivity index (χ1) is 16.5. The fourth-order valence-corrected chi connectivity index (χ4v) is 4.54. The molecule has 0 spiro atoms. The molecule has 0 bridgehead atoms. The highest BCUT2D eigenvalue weighted by Gasteiger charge is 2.25. The van der Waals surface area contributed by atoms with E-state index in [9.17, 15) is 9.59 Å². The molecular weight excluding hydrogens is 424 g/mol. The first-order valence-corrected chi connectivity index (χ1v) is 11.8. The van der Waals surface area contributed by atoms with E-state index in [-0.39, 0.29) is 11.8 Å². The summed E-state index contributed by atoms with van der Waals surface area (Å²) in [6, 6.07) is 23.3. The van der Waals surface area contributed by atoms with Gasteiger partial charge in [-0.3, -0.25) is 9.59 Å². The molecule has 0 saturated heterocycles. The Labute approximate surface area is 199 Å². The normalized spacial score (nSPS) is 13.2. The monoisotopic (exact) mass is 452 g/mol. The standard InChI is InChI=1S/C29H28N2O3/c1-19(2)15-28(32)31-14-13-26-22(18-31)17-27(34-26)21-9-5-10-23(16-21)30-29(33)25-12-6-8-20-7-3-4-11-24(20)25/h3-12,16-17,19H,13-15,18H2,1-2H3,(H,30,33). The van der Waals surface area contributed by atoms with Crippen LogP contribution in [0.1, 0.15) is 41.9 Å². The second kappa shape index (κ2) is 9.18. The molecule has 1 aliphatic heterocycles. The second-order valence-electron chi connectivity index (χ2n) is 9.28. The van der Waals surface area contributed by atoms with Gasteiger partial charge in [0.05, 0.1) is 0 Å². The first-order valence-electron chi connectivity index (χ1n) is 11.8. The van der Waals surface area contributed by atoms with Gasteiger partial charge < -0.3 is 14.6 Å². The van der Waals surface area contributed by atoms with Crippen LogP contribution in [-0.4, -0.2) is 23.3 Å². The molecule has 0 saturated carbocycles. The Hall–Kier alpha value is -3.86. The van der Waals surface area contributed by atoms with Gasteiger partial charge in [-0.25, -0.2) is 0 Å². The fraction of sp³-hybridized carbons (Fsp3) is 0.241. The van der Waals surface area contributed by atoms with E-state index in [1.165, 1.54) is 0 Å². The maximum absolute atomic E-state index is 13.0. The van der Waals surface area contributed by atoms with Crippen molar-refractivity contribution >= 4 is 28.3 Å². The van der Waals surface area contributed by atoms with Crippen LogP contribution in [0, 0.1) is 5.92 Å². The molecule has 2 heterocycles. The van der Waals surface area contributed by atoms with Crippen LogP contribution >= 0.6 is 0 Å². The summed E-state index contributed by atoms with van der Waals surface area (Å²) in [4.78, 5) is 27.5. The van der Waals surface area contributed by atoms with Crippen LogP contribution in [0.5, 0.6) is 0 Å². The lowest BCUT2D eigenvalue weighted by atomic mass is 10.0. The molecule has 34 heavy (non-hydrogen) atoms. The molecule has 4 aromatic rings. The lowest BCUT2D eigenvalue weighted by Crippen LogP contribution is -2.35. The summed E-state index contributed by atoms with van der Waals surface area (Å²) in [5.41, 5.74) is 3.30. The van der Waals surface area contributed by atoms with Crippen molar-refractivity contribution in [2.24, 2.45) is 5.92 Å². The number of benzene rings is 3. The Bertz CT molecular complexity index is 1360. The van der Waals surface area contributed by atoms with Crippen molar-refractivity contribution in [3.8, 4) is 11.3 Å². The Balaban J connectivity index is 1.35. The van der Waals surface area contributed by atoms with Crippen LogP contribution in [0.2, 0.25) is 0 Å². The van der Waals surface area contributed by atoms with Crippen molar-refractivity contribution in [2.45, 2.75) is 33.2 Å². The number of nitrogens with one attached hydrogen (secondary N) is 1. The molecule has 3 aromatic carbocycles. The van der Waals surface area contributed by atoms with Gasteiger partial charge in [0.2, 0.25) is 5.91 Å². The third-order valence-electron chi connectivity index (χ3n) is 6.24. The van der Waals surface area contributed by atoms with Crippen molar-refractivity contribution in [3.05, 3.63) is 89.7 Å². The van der Waals surface area contributed by atoms with Gasteiger partial charge in [-0.15, -0.1) is 0 Å². The highest BCUT2D eigenvalue weighted by Crippen LogP contribution is 2.31. The van der Waals surface area contributed by atoms with Crippen molar-refractivity contribution < 1.29 is 14.0 Å². The summed E-state index contributed by atoms with van der Waals surface area (Å²) in [7, 11) is 0. The maximum atomic E-state index is 13.0. The zero-order valence-electron chi connectivity index (χ0n) is 19.5. The van der Waals surface area contributed by atoms with Gasteiger partial charge in [-0.05, 0) is 41.0 Å². The summed E-state index contributed by atoms with van der Waals surface area (Å²) in [6.07, 6.45) is 1.29. The maximum Gasteiger partial charge on any atom is 0.256 e.